The molecule has 9 nitrogen and oxygen atoms in total. The van der Waals surface area contributed by atoms with Gasteiger partial charge in [-0.1, -0.05) is 18.2 Å². The molecule has 0 saturated carbocycles. The van der Waals surface area contributed by atoms with Crippen LogP contribution in [0.25, 0.3) is 11.5 Å². The molecule has 4 rings (SSSR count). The molecule has 0 amide bonds. The maximum absolute atomic E-state index is 15.0. The van der Waals surface area contributed by atoms with Gasteiger partial charge < -0.3 is 9.73 Å². The normalized spacial score (nSPS) is 17.7. The van der Waals surface area contributed by atoms with Crippen molar-refractivity contribution in [1.29, 1.82) is 0 Å². The fourth-order valence-electron chi connectivity index (χ4n) is 3.98. The van der Waals surface area contributed by atoms with E-state index in [0.29, 0.717) is 18.7 Å². The van der Waals surface area contributed by atoms with Crippen LogP contribution in [0.15, 0.2) is 46.9 Å². The van der Waals surface area contributed by atoms with Crippen LogP contribution >= 0.6 is 0 Å². The molecule has 1 N–H and O–H groups in total. The van der Waals surface area contributed by atoms with Crippen molar-refractivity contribution >= 4 is 25.5 Å². The molecule has 0 radical (unpaired) electrons. The van der Waals surface area contributed by atoms with Crippen molar-refractivity contribution in [3.8, 4) is 11.5 Å². The molecule has 14 heteroatoms. The van der Waals surface area contributed by atoms with Gasteiger partial charge in [-0.25, -0.2) is 21.2 Å². The minimum Gasteiger partial charge on any atom is -0.415 e. The summed E-state index contributed by atoms with van der Waals surface area (Å²) in [5, 5.41) is 9.14. The SMILES string of the molecule is CCS(=O)(=O)N(Cc1ccc(-c2nnc(C(F)F)o2)cc1F)c1cccc(CC2CNCCS2(=O)=O)c1. The molecule has 3 aromatic rings. The average Bonchev–Trinajstić information content (AvgIpc) is 3.35. The lowest BCUT2D eigenvalue weighted by molar-refractivity contribution is 0.116. The van der Waals surface area contributed by atoms with Crippen molar-refractivity contribution in [3.63, 3.8) is 0 Å². The van der Waals surface area contributed by atoms with Crippen LogP contribution in [0.2, 0.25) is 0 Å². The first-order valence-corrected chi connectivity index (χ1v) is 14.7. The number of aromatic nitrogens is 2. The number of benzene rings is 2. The molecule has 1 aliphatic heterocycles. The van der Waals surface area contributed by atoms with Crippen molar-refractivity contribution in [2.75, 3.05) is 28.9 Å². The Labute approximate surface area is 212 Å². The van der Waals surface area contributed by atoms with Crippen molar-refractivity contribution < 1.29 is 34.4 Å². The molecule has 1 atom stereocenters. The Morgan fingerprint density at radius 2 is 1.97 bits per heavy atom. The number of nitrogens with zero attached hydrogens (tertiary/aromatic N) is 3. The van der Waals surface area contributed by atoms with E-state index in [4.69, 9.17) is 4.42 Å². The van der Waals surface area contributed by atoms with E-state index in [2.05, 4.69) is 15.5 Å². The third-order valence-corrected chi connectivity index (χ3v) is 9.91. The molecule has 2 heterocycles. The van der Waals surface area contributed by atoms with Gasteiger partial charge in [-0.05, 0) is 43.2 Å². The summed E-state index contributed by atoms with van der Waals surface area (Å²) in [6.45, 7) is 1.81. The Hall–Kier alpha value is -2.97. The van der Waals surface area contributed by atoms with E-state index in [0.717, 1.165) is 10.4 Å². The summed E-state index contributed by atoms with van der Waals surface area (Å²) in [6, 6.07) is 10.2. The zero-order valence-corrected chi connectivity index (χ0v) is 21.4. The maximum Gasteiger partial charge on any atom is 0.314 e. The molecule has 1 unspecified atom stereocenters. The first kappa shape index (κ1) is 27.1. The van der Waals surface area contributed by atoms with Crippen LogP contribution in [-0.2, 0) is 32.8 Å². The molecule has 1 aliphatic rings. The molecule has 1 saturated heterocycles. The Morgan fingerprint density at radius 1 is 1.19 bits per heavy atom. The quantitative estimate of drug-likeness (QED) is 0.425. The molecular weight excluding hydrogens is 533 g/mol. The van der Waals surface area contributed by atoms with Gasteiger partial charge in [0.2, 0.25) is 15.9 Å². The number of halogens is 3. The Kier molecular flexibility index (Phi) is 7.90. The molecule has 0 aliphatic carbocycles. The molecule has 0 spiro atoms. The zero-order valence-electron chi connectivity index (χ0n) is 19.8. The first-order valence-electron chi connectivity index (χ1n) is 11.4. The lowest BCUT2D eigenvalue weighted by Crippen LogP contribution is -2.45. The summed E-state index contributed by atoms with van der Waals surface area (Å²) >= 11 is 0. The van der Waals surface area contributed by atoms with Gasteiger partial charge in [0, 0.05) is 24.2 Å². The summed E-state index contributed by atoms with van der Waals surface area (Å²) < 4.78 is 97.1. The van der Waals surface area contributed by atoms with Gasteiger partial charge in [0.1, 0.15) is 5.82 Å². The third-order valence-electron chi connectivity index (χ3n) is 6.05. The van der Waals surface area contributed by atoms with Crippen LogP contribution in [0.1, 0.15) is 30.4 Å². The zero-order chi connectivity index (χ0) is 26.8. The second-order valence-corrected chi connectivity index (χ2v) is 13.1. The summed E-state index contributed by atoms with van der Waals surface area (Å²) in [5.41, 5.74) is 0.990. The van der Waals surface area contributed by atoms with E-state index in [1.807, 2.05) is 0 Å². The van der Waals surface area contributed by atoms with E-state index < -0.39 is 43.2 Å². The summed E-state index contributed by atoms with van der Waals surface area (Å²) in [6.07, 6.45) is -2.76. The number of nitrogens with one attached hydrogen (secondary N) is 1. The number of alkyl halides is 2. The van der Waals surface area contributed by atoms with Crippen molar-refractivity contribution in [2.45, 2.75) is 31.6 Å². The monoisotopic (exact) mass is 558 g/mol. The molecule has 1 fully saturated rings. The molecule has 1 aromatic heterocycles. The number of sulfonamides is 1. The van der Waals surface area contributed by atoms with E-state index in [1.165, 1.54) is 19.1 Å². The third kappa shape index (κ3) is 6.13. The standard InChI is InChI=1S/C23H25F3N4O5S2/c1-2-37(33,34)30(18-5-3-4-15(10-18)11-19-13-27-8-9-36(19,31)32)14-17-7-6-16(12-20(17)24)22-28-29-23(35-22)21(25)26/h3-7,10,12,19,21,27H,2,8-9,11,13-14H2,1H3. The maximum atomic E-state index is 15.0. The van der Waals surface area contributed by atoms with Crippen molar-refractivity contribution in [1.82, 2.24) is 15.5 Å². The molecule has 0 bridgehead atoms. The number of rotatable bonds is 9. The molecule has 2 aromatic carbocycles. The second-order valence-electron chi connectivity index (χ2n) is 8.53. The molecule has 37 heavy (non-hydrogen) atoms. The number of hydrogen-bond acceptors (Lipinski definition) is 8. The highest BCUT2D eigenvalue weighted by Gasteiger charge is 2.29. The van der Waals surface area contributed by atoms with Gasteiger partial charge in [0.25, 0.3) is 5.89 Å². The van der Waals surface area contributed by atoms with Crippen molar-refractivity contribution in [2.24, 2.45) is 0 Å². The van der Waals surface area contributed by atoms with Gasteiger partial charge in [-0.15, -0.1) is 10.2 Å². The lowest BCUT2D eigenvalue weighted by atomic mass is 10.1. The van der Waals surface area contributed by atoms with Crippen LogP contribution < -0.4 is 9.62 Å². The van der Waals surface area contributed by atoms with E-state index in [9.17, 15) is 25.6 Å². The van der Waals surface area contributed by atoms with Gasteiger partial charge >= 0.3 is 6.43 Å². The Bertz CT molecular complexity index is 1480. The molecular formula is C23H25F3N4O5S2. The minimum absolute atomic E-state index is 0.0267. The van der Waals surface area contributed by atoms with Gasteiger partial charge in [-0.3, -0.25) is 4.31 Å². The Morgan fingerprint density at radius 3 is 2.62 bits per heavy atom. The fourth-order valence-corrected chi connectivity index (χ4v) is 6.64. The van der Waals surface area contributed by atoms with Gasteiger partial charge in [0.15, 0.2) is 9.84 Å². The van der Waals surface area contributed by atoms with Crippen LogP contribution in [0.3, 0.4) is 0 Å². The van der Waals surface area contributed by atoms with Crippen molar-refractivity contribution in [3.05, 3.63) is 65.3 Å². The van der Waals surface area contributed by atoms with Gasteiger partial charge in [-0.2, -0.15) is 8.78 Å². The largest absolute Gasteiger partial charge is 0.415 e. The average molecular weight is 559 g/mol. The smallest absolute Gasteiger partial charge is 0.314 e. The van der Waals surface area contributed by atoms with Crippen LogP contribution in [0.5, 0.6) is 0 Å². The van der Waals surface area contributed by atoms with E-state index >= 15 is 4.39 Å². The minimum atomic E-state index is -3.86. The van der Waals surface area contributed by atoms with Crippen LogP contribution in [0, 0.1) is 5.82 Å². The summed E-state index contributed by atoms with van der Waals surface area (Å²) in [4.78, 5) is 0. The van der Waals surface area contributed by atoms with E-state index in [-0.39, 0.29) is 47.2 Å². The highest BCUT2D eigenvalue weighted by molar-refractivity contribution is 7.92. The molecule has 200 valence electrons. The van der Waals surface area contributed by atoms with Crippen LogP contribution in [-0.4, -0.2) is 56.9 Å². The van der Waals surface area contributed by atoms with Gasteiger partial charge in [0.05, 0.1) is 29.0 Å². The highest BCUT2D eigenvalue weighted by Crippen LogP contribution is 2.28. The predicted molar refractivity (Wildman–Crippen MR) is 131 cm³/mol. The fraction of sp³-hybridized carbons (Fsp3) is 0.391. The Balaban J connectivity index is 1.62. The lowest BCUT2D eigenvalue weighted by Gasteiger charge is -2.26. The topological polar surface area (TPSA) is 122 Å². The number of anilines is 1. The predicted octanol–water partition coefficient (Wildman–Crippen LogP) is 3.10. The summed E-state index contributed by atoms with van der Waals surface area (Å²) in [5.74, 6) is -2.19. The van der Waals surface area contributed by atoms with Crippen LogP contribution in [0.4, 0.5) is 18.9 Å². The van der Waals surface area contributed by atoms with E-state index in [1.54, 1.807) is 24.3 Å². The second kappa shape index (κ2) is 10.8. The first-order chi connectivity index (χ1) is 17.5. The summed E-state index contributed by atoms with van der Waals surface area (Å²) in [7, 11) is -7.13. The number of sulfone groups is 1. The number of hydrogen-bond donors (Lipinski definition) is 1. The highest BCUT2D eigenvalue weighted by atomic mass is 32.2.